The fourth-order valence-electron chi connectivity index (χ4n) is 7.62. The molecule has 5 aromatic carbocycles. The first kappa shape index (κ1) is 37.0. The number of urea groups is 1. The summed E-state index contributed by atoms with van der Waals surface area (Å²) in [5.41, 5.74) is 9.35. The fraction of sp³-hybridized carbons (Fsp3) is 0.191. The van der Waals surface area contributed by atoms with E-state index in [-0.39, 0.29) is 6.03 Å². The van der Waals surface area contributed by atoms with Crippen molar-refractivity contribution in [3.63, 3.8) is 0 Å². The largest absolute Gasteiger partial charge is 0.331 e. The maximum atomic E-state index is 12.5. The number of nitrogens with one attached hydrogen (secondary N) is 1. The Morgan fingerprint density at radius 1 is 0.737 bits per heavy atom. The first-order valence-electron chi connectivity index (χ1n) is 19.4. The fourth-order valence-corrected chi connectivity index (χ4v) is 7.62. The van der Waals surface area contributed by atoms with Gasteiger partial charge in [0.1, 0.15) is 16.9 Å². The van der Waals surface area contributed by atoms with Crippen LogP contribution in [-0.4, -0.2) is 59.8 Å². The zero-order chi connectivity index (χ0) is 39.4. The SMILES string of the molecule is CCCCc1nc2cc(NC(=O)N(C)C)c(C)nc2n1Cc1ccc(-c2ccccc2-c2nnnn2C(c2ccccc2)(c2ccccc2)c2ccccc2)cc1. The number of anilines is 1. The van der Waals surface area contributed by atoms with Gasteiger partial charge in [0.2, 0.25) is 0 Å². The van der Waals surface area contributed by atoms with Crippen LogP contribution in [0.15, 0.2) is 146 Å². The van der Waals surface area contributed by atoms with Gasteiger partial charge in [-0.2, -0.15) is 0 Å². The predicted octanol–water partition coefficient (Wildman–Crippen LogP) is 9.38. The van der Waals surface area contributed by atoms with Crippen LogP contribution in [0.5, 0.6) is 0 Å². The summed E-state index contributed by atoms with van der Waals surface area (Å²) in [6.45, 7) is 4.71. The lowest BCUT2D eigenvalue weighted by molar-refractivity contribution is 0.230. The van der Waals surface area contributed by atoms with Crippen LogP contribution in [0.1, 0.15) is 53.5 Å². The van der Waals surface area contributed by atoms with E-state index in [2.05, 4.69) is 137 Å². The van der Waals surface area contributed by atoms with Crippen LogP contribution in [0.25, 0.3) is 33.7 Å². The van der Waals surface area contributed by atoms with Crippen LogP contribution in [0.2, 0.25) is 0 Å². The van der Waals surface area contributed by atoms with Gasteiger partial charge < -0.3 is 14.8 Å². The molecular weight excluding hydrogens is 707 g/mol. The van der Waals surface area contributed by atoms with Gasteiger partial charge in [-0.05, 0) is 63.2 Å². The van der Waals surface area contributed by atoms with Crippen molar-refractivity contribution in [3.8, 4) is 22.5 Å². The van der Waals surface area contributed by atoms with E-state index in [4.69, 9.17) is 20.3 Å². The molecule has 0 unspecified atom stereocenters. The summed E-state index contributed by atoms with van der Waals surface area (Å²) >= 11 is 0. The van der Waals surface area contributed by atoms with Gasteiger partial charge in [-0.25, -0.2) is 19.4 Å². The summed E-state index contributed by atoms with van der Waals surface area (Å²) < 4.78 is 4.19. The number of amides is 2. The highest BCUT2D eigenvalue weighted by molar-refractivity contribution is 5.92. The highest BCUT2D eigenvalue weighted by Crippen LogP contribution is 2.43. The maximum absolute atomic E-state index is 12.5. The number of aryl methyl sites for hydroxylation is 2. The molecule has 0 aliphatic heterocycles. The van der Waals surface area contributed by atoms with Crippen LogP contribution in [-0.2, 0) is 18.5 Å². The molecule has 1 N–H and O–H groups in total. The molecule has 8 rings (SSSR count). The minimum absolute atomic E-state index is 0.203. The van der Waals surface area contributed by atoms with Crippen LogP contribution in [0.3, 0.4) is 0 Å². The Morgan fingerprint density at radius 3 is 1.89 bits per heavy atom. The minimum atomic E-state index is -0.867. The highest BCUT2D eigenvalue weighted by Gasteiger charge is 2.42. The van der Waals surface area contributed by atoms with Crippen molar-refractivity contribution >= 4 is 22.9 Å². The lowest BCUT2D eigenvalue weighted by Gasteiger charge is -2.36. The molecule has 2 amide bonds. The lowest BCUT2D eigenvalue weighted by atomic mass is 9.77. The Balaban J connectivity index is 1.19. The van der Waals surface area contributed by atoms with Gasteiger partial charge >= 0.3 is 6.03 Å². The second-order valence-electron chi connectivity index (χ2n) is 14.5. The molecule has 0 saturated heterocycles. The Kier molecular flexibility index (Phi) is 10.4. The number of hydrogen-bond donors (Lipinski definition) is 1. The van der Waals surface area contributed by atoms with Gasteiger partial charge in [-0.15, -0.1) is 5.10 Å². The molecule has 0 radical (unpaired) electrons. The van der Waals surface area contributed by atoms with Crippen molar-refractivity contribution in [2.45, 2.75) is 45.2 Å². The molecule has 3 heterocycles. The molecule has 0 fully saturated rings. The summed E-state index contributed by atoms with van der Waals surface area (Å²) in [4.78, 5) is 23.9. The third-order valence-electron chi connectivity index (χ3n) is 10.5. The number of carbonyl (C=O) groups is 1. The summed E-state index contributed by atoms with van der Waals surface area (Å²) in [5.74, 6) is 1.63. The monoisotopic (exact) mass is 751 g/mol. The van der Waals surface area contributed by atoms with Crippen LogP contribution < -0.4 is 5.32 Å². The molecule has 0 spiro atoms. The summed E-state index contributed by atoms with van der Waals surface area (Å²) in [6.07, 6.45) is 2.91. The topological polar surface area (TPSA) is 107 Å². The van der Waals surface area contributed by atoms with Crippen molar-refractivity contribution < 1.29 is 4.79 Å². The number of nitrogens with zero attached hydrogens (tertiary/aromatic N) is 8. The summed E-state index contributed by atoms with van der Waals surface area (Å²) in [6, 6.07) is 50.1. The van der Waals surface area contributed by atoms with Gasteiger partial charge in [0.25, 0.3) is 0 Å². The van der Waals surface area contributed by atoms with E-state index < -0.39 is 5.54 Å². The number of imidazole rings is 1. The number of fused-ring (bicyclic) bond motifs is 1. The molecule has 57 heavy (non-hydrogen) atoms. The molecule has 10 nitrogen and oxygen atoms in total. The van der Waals surface area contributed by atoms with E-state index in [0.717, 1.165) is 80.9 Å². The van der Waals surface area contributed by atoms with Gasteiger partial charge in [-0.3, -0.25) is 0 Å². The van der Waals surface area contributed by atoms with E-state index in [1.165, 1.54) is 4.90 Å². The maximum Gasteiger partial charge on any atom is 0.321 e. The van der Waals surface area contributed by atoms with Crippen molar-refractivity contribution in [1.29, 1.82) is 0 Å². The lowest BCUT2D eigenvalue weighted by Crippen LogP contribution is -2.39. The van der Waals surface area contributed by atoms with E-state index in [0.29, 0.717) is 18.1 Å². The zero-order valence-electron chi connectivity index (χ0n) is 32.7. The molecule has 284 valence electrons. The second kappa shape index (κ2) is 16.0. The van der Waals surface area contributed by atoms with Gasteiger partial charge in [0.05, 0.1) is 17.9 Å². The molecular formula is C47H45N9O. The number of rotatable bonds is 12. The van der Waals surface area contributed by atoms with Gasteiger partial charge in [0.15, 0.2) is 11.5 Å². The highest BCUT2D eigenvalue weighted by atomic mass is 16.2. The molecule has 0 atom stereocenters. The van der Waals surface area contributed by atoms with E-state index >= 15 is 0 Å². The van der Waals surface area contributed by atoms with E-state index in [1.807, 2.05) is 41.9 Å². The number of hydrogen-bond acceptors (Lipinski definition) is 6. The molecule has 8 aromatic rings. The van der Waals surface area contributed by atoms with E-state index in [9.17, 15) is 4.79 Å². The number of aromatic nitrogens is 7. The minimum Gasteiger partial charge on any atom is -0.331 e. The van der Waals surface area contributed by atoms with Gasteiger partial charge in [0, 0.05) is 26.1 Å². The average Bonchev–Trinajstić information content (AvgIpc) is 3.87. The first-order chi connectivity index (χ1) is 27.9. The summed E-state index contributed by atoms with van der Waals surface area (Å²) in [5, 5.41) is 16.8. The van der Waals surface area contributed by atoms with Crippen molar-refractivity contribution in [2.75, 3.05) is 19.4 Å². The summed E-state index contributed by atoms with van der Waals surface area (Å²) in [7, 11) is 3.44. The van der Waals surface area contributed by atoms with Crippen LogP contribution in [0.4, 0.5) is 10.5 Å². The van der Waals surface area contributed by atoms with Crippen molar-refractivity contribution in [1.82, 2.24) is 39.6 Å². The number of carbonyl (C=O) groups excluding carboxylic acids is 1. The van der Waals surface area contributed by atoms with Crippen LogP contribution >= 0.6 is 0 Å². The third kappa shape index (κ3) is 7.06. The number of pyridine rings is 1. The zero-order valence-corrected chi connectivity index (χ0v) is 32.7. The average molecular weight is 752 g/mol. The van der Waals surface area contributed by atoms with Gasteiger partial charge in [-0.1, -0.05) is 153 Å². The van der Waals surface area contributed by atoms with Crippen molar-refractivity contribution in [3.05, 3.63) is 179 Å². The quantitative estimate of drug-likeness (QED) is 0.125. The molecule has 0 aliphatic rings. The van der Waals surface area contributed by atoms with E-state index in [1.54, 1.807) is 14.1 Å². The molecule has 0 aliphatic carbocycles. The predicted molar refractivity (Wildman–Crippen MR) is 226 cm³/mol. The third-order valence-corrected chi connectivity index (χ3v) is 10.5. The normalized spacial score (nSPS) is 11.5. The Hall–Kier alpha value is -6.94. The smallest absolute Gasteiger partial charge is 0.321 e. The Labute approximate surface area is 332 Å². The van der Waals surface area contributed by atoms with Crippen LogP contribution in [0, 0.1) is 6.92 Å². The Bertz CT molecular complexity index is 2520. The molecule has 3 aromatic heterocycles. The first-order valence-corrected chi connectivity index (χ1v) is 19.4. The van der Waals surface area contributed by atoms with Crippen molar-refractivity contribution in [2.24, 2.45) is 0 Å². The molecule has 0 saturated carbocycles. The standard InChI is InChI=1S/C47H45N9O/c1-5-6-26-43-49-42-31-41(50-46(57)54(3)4)33(2)48-45(42)55(43)32-34-27-29-35(30-28-34)39-24-16-17-25-40(39)44-51-52-53-56(44)47(36-18-10-7-11-19-36,37-20-12-8-13-21-37)38-22-14-9-15-23-38/h7-25,27-31H,5-6,26,32H2,1-4H3,(H,50,57). The Morgan fingerprint density at radius 2 is 1.32 bits per heavy atom. The number of unbranched alkanes of at least 4 members (excludes halogenated alkanes) is 1. The second-order valence-corrected chi connectivity index (χ2v) is 14.5. The molecule has 0 bridgehead atoms. The number of tetrazole rings is 1. The number of benzene rings is 5. The molecule has 10 heteroatoms.